The van der Waals surface area contributed by atoms with E-state index in [1.807, 2.05) is 11.9 Å². The third-order valence-corrected chi connectivity index (χ3v) is 2.44. The second-order valence-corrected chi connectivity index (χ2v) is 3.65. The first-order valence-electron chi connectivity index (χ1n) is 3.67. The smallest absolute Gasteiger partial charge is 0.267 e. The first kappa shape index (κ1) is 10.5. The van der Waals surface area contributed by atoms with Crippen molar-refractivity contribution in [1.29, 1.82) is 0 Å². The number of nitrogens with one attached hydrogen (secondary N) is 1. The van der Waals surface area contributed by atoms with Crippen molar-refractivity contribution < 1.29 is 0 Å². The molecule has 0 fully saturated rings. The maximum atomic E-state index is 11.1. The van der Waals surface area contributed by atoms with Gasteiger partial charge in [-0.2, -0.15) is 0 Å². The highest BCUT2D eigenvalue weighted by molar-refractivity contribution is 9.10. The van der Waals surface area contributed by atoms with Gasteiger partial charge in [0.1, 0.15) is 10.3 Å². The number of hydrogen-bond acceptors (Lipinski definition) is 3. The summed E-state index contributed by atoms with van der Waals surface area (Å²) in [6.45, 7) is 0.649. The van der Waals surface area contributed by atoms with Crippen molar-refractivity contribution in [1.82, 2.24) is 9.97 Å². The average molecular weight is 267 g/mol. The molecule has 1 heterocycles. The van der Waals surface area contributed by atoms with Crippen LogP contribution in [-0.2, 0) is 0 Å². The van der Waals surface area contributed by atoms with Gasteiger partial charge in [0.05, 0.1) is 6.33 Å². The van der Waals surface area contributed by atoms with Gasteiger partial charge in [-0.1, -0.05) is 0 Å². The van der Waals surface area contributed by atoms with E-state index in [9.17, 15) is 4.79 Å². The van der Waals surface area contributed by atoms with Gasteiger partial charge >= 0.3 is 0 Å². The largest absolute Gasteiger partial charge is 0.357 e. The van der Waals surface area contributed by atoms with E-state index in [0.29, 0.717) is 22.7 Å². The summed E-state index contributed by atoms with van der Waals surface area (Å²) >= 11 is 8.73. The predicted molar refractivity (Wildman–Crippen MR) is 56.5 cm³/mol. The van der Waals surface area contributed by atoms with Gasteiger partial charge in [0.15, 0.2) is 0 Å². The molecule has 0 aromatic carbocycles. The molecule has 0 unspecified atom stereocenters. The average Bonchev–Trinajstić information content (AvgIpc) is 2.10. The fourth-order valence-corrected chi connectivity index (χ4v) is 1.65. The van der Waals surface area contributed by atoms with E-state index in [1.165, 1.54) is 6.33 Å². The first-order valence-corrected chi connectivity index (χ1v) is 5.00. The van der Waals surface area contributed by atoms with E-state index in [-0.39, 0.29) is 5.56 Å². The van der Waals surface area contributed by atoms with Crippen molar-refractivity contribution in [2.24, 2.45) is 0 Å². The Morgan fingerprint density at radius 3 is 3.08 bits per heavy atom. The van der Waals surface area contributed by atoms with E-state index in [0.717, 1.165) is 0 Å². The lowest BCUT2D eigenvalue weighted by Gasteiger charge is -2.16. The van der Waals surface area contributed by atoms with E-state index in [1.54, 1.807) is 0 Å². The van der Waals surface area contributed by atoms with Crippen LogP contribution in [0.4, 0.5) is 5.82 Å². The molecule has 0 atom stereocenters. The SMILES string of the molecule is CN(CCCl)c1nc[nH]c(=O)c1Br. The molecule has 0 aliphatic heterocycles. The zero-order valence-electron chi connectivity index (χ0n) is 7.05. The van der Waals surface area contributed by atoms with Crippen molar-refractivity contribution in [3.8, 4) is 0 Å². The van der Waals surface area contributed by atoms with Crippen LogP contribution in [0.1, 0.15) is 0 Å². The Hall–Kier alpha value is -0.550. The van der Waals surface area contributed by atoms with Crippen LogP contribution in [0.3, 0.4) is 0 Å². The quantitative estimate of drug-likeness (QED) is 0.837. The van der Waals surface area contributed by atoms with Crippen molar-refractivity contribution in [2.75, 3.05) is 24.4 Å². The minimum absolute atomic E-state index is 0.188. The summed E-state index contributed by atoms with van der Waals surface area (Å²) in [7, 11) is 1.83. The number of anilines is 1. The van der Waals surface area contributed by atoms with Gasteiger partial charge in [-0.25, -0.2) is 4.98 Å². The van der Waals surface area contributed by atoms with Gasteiger partial charge in [-0.05, 0) is 15.9 Å². The Morgan fingerprint density at radius 1 is 1.77 bits per heavy atom. The van der Waals surface area contributed by atoms with Gasteiger partial charge in [0.2, 0.25) is 0 Å². The van der Waals surface area contributed by atoms with Crippen molar-refractivity contribution >= 4 is 33.3 Å². The molecule has 0 aliphatic rings. The van der Waals surface area contributed by atoms with Crippen LogP contribution in [-0.4, -0.2) is 29.4 Å². The molecule has 0 saturated carbocycles. The fraction of sp³-hybridized carbons (Fsp3) is 0.429. The molecule has 72 valence electrons. The van der Waals surface area contributed by atoms with Crippen LogP contribution in [0.15, 0.2) is 15.6 Å². The van der Waals surface area contributed by atoms with E-state index in [2.05, 4.69) is 25.9 Å². The van der Waals surface area contributed by atoms with Crippen molar-refractivity contribution in [3.63, 3.8) is 0 Å². The van der Waals surface area contributed by atoms with Crippen molar-refractivity contribution in [2.45, 2.75) is 0 Å². The molecule has 1 rings (SSSR count). The highest BCUT2D eigenvalue weighted by atomic mass is 79.9. The Balaban J connectivity index is 3.00. The fourth-order valence-electron chi connectivity index (χ4n) is 0.872. The standard InChI is InChI=1S/C7H9BrClN3O/c1-12(3-2-9)6-5(8)7(13)11-4-10-6/h4H,2-3H2,1H3,(H,10,11,13). The summed E-state index contributed by atoms with van der Waals surface area (Å²) in [4.78, 5) is 19.4. The van der Waals surface area contributed by atoms with Crippen LogP contribution in [0.5, 0.6) is 0 Å². The van der Waals surface area contributed by atoms with Crippen LogP contribution < -0.4 is 10.5 Å². The molecule has 1 aromatic heterocycles. The zero-order valence-corrected chi connectivity index (χ0v) is 9.39. The number of rotatable bonds is 3. The summed E-state index contributed by atoms with van der Waals surface area (Å²) in [6.07, 6.45) is 1.37. The third kappa shape index (κ3) is 2.45. The molecule has 0 spiro atoms. The number of hydrogen-bond donors (Lipinski definition) is 1. The Bertz CT molecular complexity index is 341. The third-order valence-electron chi connectivity index (χ3n) is 1.56. The number of halogens is 2. The molecule has 13 heavy (non-hydrogen) atoms. The molecule has 0 aliphatic carbocycles. The summed E-state index contributed by atoms with van der Waals surface area (Å²) in [5.74, 6) is 1.10. The molecule has 0 amide bonds. The number of H-pyrrole nitrogens is 1. The Morgan fingerprint density at radius 2 is 2.46 bits per heavy atom. The molecule has 4 nitrogen and oxygen atoms in total. The summed E-state index contributed by atoms with van der Waals surface area (Å²) in [5.41, 5.74) is -0.188. The number of aromatic amines is 1. The highest BCUT2D eigenvalue weighted by Crippen LogP contribution is 2.16. The maximum absolute atomic E-state index is 11.1. The second-order valence-electron chi connectivity index (χ2n) is 2.48. The lowest BCUT2D eigenvalue weighted by Crippen LogP contribution is -2.24. The first-order chi connectivity index (χ1) is 6.16. The molecule has 0 saturated heterocycles. The molecule has 6 heteroatoms. The predicted octanol–water partition coefficient (Wildman–Crippen LogP) is 1.21. The summed E-state index contributed by atoms with van der Waals surface area (Å²) < 4.78 is 0.433. The number of aromatic nitrogens is 2. The molecule has 1 N–H and O–H groups in total. The highest BCUT2D eigenvalue weighted by Gasteiger charge is 2.08. The zero-order chi connectivity index (χ0) is 9.84. The van der Waals surface area contributed by atoms with Gasteiger partial charge in [-0.3, -0.25) is 4.79 Å². The molecule has 0 radical (unpaired) electrons. The van der Waals surface area contributed by atoms with Crippen LogP contribution in [0.25, 0.3) is 0 Å². The lowest BCUT2D eigenvalue weighted by atomic mass is 10.5. The van der Waals surface area contributed by atoms with E-state index in [4.69, 9.17) is 11.6 Å². The van der Waals surface area contributed by atoms with Gasteiger partial charge < -0.3 is 9.88 Å². The van der Waals surface area contributed by atoms with E-state index >= 15 is 0 Å². The topological polar surface area (TPSA) is 49.0 Å². The van der Waals surface area contributed by atoms with Crippen LogP contribution in [0.2, 0.25) is 0 Å². The van der Waals surface area contributed by atoms with Crippen LogP contribution >= 0.6 is 27.5 Å². The number of nitrogens with zero attached hydrogens (tertiary/aromatic N) is 2. The Kier molecular flexibility index (Phi) is 3.74. The van der Waals surface area contributed by atoms with Gasteiger partial charge in [0.25, 0.3) is 5.56 Å². The summed E-state index contributed by atoms with van der Waals surface area (Å²) in [6, 6.07) is 0. The minimum atomic E-state index is -0.188. The molecular weight excluding hydrogens is 257 g/mol. The monoisotopic (exact) mass is 265 g/mol. The molecule has 0 bridgehead atoms. The maximum Gasteiger partial charge on any atom is 0.267 e. The minimum Gasteiger partial charge on any atom is -0.357 e. The van der Waals surface area contributed by atoms with Gasteiger partial charge in [-0.15, -0.1) is 11.6 Å². The van der Waals surface area contributed by atoms with Crippen LogP contribution in [0, 0.1) is 0 Å². The normalized spacial score (nSPS) is 10.1. The lowest BCUT2D eigenvalue weighted by molar-refractivity contribution is 0.919. The Labute approximate surface area is 89.1 Å². The number of alkyl halides is 1. The van der Waals surface area contributed by atoms with E-state index < -0.39 is 0 Å². The molecule has 1 aromatic rings. The molecular formula is C7H9BrClN3O. The van der Waals surface area contributed by atoms with Crippen molar-refractivity contribution in [3.05, 3.63) is 21.2 Å². The van der Waals surface area contributed by atoms with Gasteiger partial charge in [0, 0.05) is 19.5 Å². The summed E-state index contributed by atoms with van der Waals surface area (Å²) in [5, 5.41) is 0. The second kappa shape index (κ2) is 4.62.